The van der Waals surface area contributed by atoms with E-state index in [1.165, 1.54) is 5.56 Å². The van der Waals surface area contributed by atoms with E-state index in [1.807, 2.05) is 63.2 Å². The molecular formula is C22H29NO4. The number of rotatable bonds is 10. The molecule has 0 saturated heterocycles. The number of hydrogen-bond donors (Lipinski definition) is 1. The molecule has 0 aliphatic heterocycles. The number of benzene rings is 2. The SMILES string of the molecule is CCOc1ccc([C@@H](C)NC(=O)COc2ccc(CC)cc2)cc1OCC. The van der Waals surface area contributed by atoms with Gasteiger partial charge in [0, 0.05) is 0 Å². The predicted molar refractivity (Wildman–Crippen MR) is 107 cm³/mol. The van der Waals surface area contributed by atoms with E-state index in [-0.39, 0.29) is 18.6 Å². The third-order valence-electron chi connectivity index (χ3n) is 4.15. The Hall–Kier alpha value is -2.69. The monoisotopic (exact) mass is 371 g/mol. The van der Waals surface area contributed by atoms with Crippen LogP contribution in [0.25, 0.3) is 0 Å². The van der Waals surface area contributed by atoms with Crippen molar-refractivity contribution in [2.75, 3.05) is 19.8 Å². The first-order valence-corrected chi connectivity index (χ1v) is 9.48. The van der Waals surface area contributed by atoms with Crippen LogP contribution in [0.3, 0.4) is 0 Å². The summed E-state index contributed by atoms with van der Waals surface area (Å²) in [6.45, 7) is 8.99. The van der Waals surface area contributed by atoms with Gasteiger partial charge in [-0.3, -0.25) is 4.79 Å². The third kappa shape index (κ3) is 6.20. The smallest absolute Gasteiger partial charge is 0.258 e. The highest BCUT2D eigenvalue weighted by molar-refractivity contribution is 5.78. The molecule has 27 heavy (non-hydrogen) atoms. The summed E-state index contributed by atoms with van der Waals surface area (Å²) >= 11 is 0. The summed E-state index contributed by atoms with van der Waals surface area (Å²) in [4.78, 5) is 12.2. The molecule has 0 aliphatic rings. The van der Waals surface area contributed by atoms with Crippen molar-refractivity contribution in [3.8, 4) is 17.2 Å². The minimum Gasteiger partial charge on any atom is -0.490 e. The summed E-state index contributed by atoms with van der Waals surface area (Å²) in [6, 6.07) is 13.3. The fourth-order valence-electron chi connectivity index (χ4n) is 2.67. The normalized spacial score (nSPS) is 11.6. The van der Waals surface area contributed by atoms with E-state index >= 15 is 0 Å². The molecule has 0 aromatic heterocycles. The lowest BCUT2D eigenvalue weighted by Gasteiger charge is -2.17. The number of ether oxygens (including phenoxy) is 3. The van der Waals surface area contributed by atoms with Crippen LogP contribution in [0.15, 0.2) is 42.5 Å². The van der Waals surface area contributed by atoms with Gasteiger partial charge in [0.1, 0.15) is 5.75 Å². The van der Waals surface area contributed by atoms with Crippen molar-refractivity contribution in [2.45, 2.75) is 40.2 Å². The first-order valence-electron chi connectivity index (χ1n) is 9.48. The topological polar surface area (TPSA) is 56.8 Å². The molecule has 0 spiro atoms. The molecule has 1 atom stereocenters. The Morgan fingerprint density at radius 2 is 1.59 bits per heavy atom. The summed E-state index contributed by atoms with van der Waals surface area (Å²) in [6.07, 6.45) is 0.976. The van der Waals surface area contributed by atoms with E-state index in [2.05, 4.69) is 12.2 Å². The van der Waals surface area contributed by atoms with Gasteiger partial charge in [-0.25, -0.2) is 0 Å². The number of aryl methyl sites for hydroxylation is 1. The van der Waals surface area contributed by atoms with E-state index in [0.29, 0.717) is 30.5 Å². The predicted octanol–water partition coefficient (Wildman–Crippen LogP) is 4.30. The van der Waals surface area contributed by atoms with Crippen molar-refractivity contribution >= 4 is 5.91 Å². The van der Waals surface area contributed by atoms with Gasteiger partial charge in [0.2, 0.25) is 0 Å². The van der Waals surface area contributed by atoms with Gasteiger partial charge >= 0.3 is 0 Å². The molecule has 2 aromatic rings. The van der Waals surface area contributed by atoms with Crippen LogP contribution in [0.4, 0.5) is 0 Å². The van der Waals surface area contributed by atoms with Gasteiger partial charge in [0.15, 0.2) is 18.1 Å². The van der Waals surface area contributed by atoms with Crippen molar-refractivity contribution in [1.29, 1.82) is 0 Å². The second-order valence-electron chi connectivity index (χ2n) is 6.15. The Balaban J connectivity index is 1.93. The Labute approximate surface area is 161 Å². The van der Waals surface area contributed by atoms with Crippen LogP contribution < -0.4 is 19.5 Å². The number of hydrogen-bond acceptors (Lipinski definition) is 4. The number of carbonyl (C=O) groups is 1. The molecule has 0 radical (unpaired) electrons. The molecule has 0 fully saturated rings. The summed E-state index contributed by atoms with van der Waals surface area (Å²) in [5.74, 6) is 1.91. The van der Waals surface area contributed by atoms with Gasteiger partial charge in [-0.2, -0.15) is 0 Å². The Kier molecular flexibility index (Phi) is 7.99. The maximum atomic E-state index is 12.2. The van der Waals surface area contributed by atoms with Crippen molar-refractivity contribution < 1.29 is 19.0 Å². The fraction of sp³-hybridized carbons (Fsp3) is 0.409. The van der Waals surface area contributed by atoms with E-state index in [0.717, 1.165) is 12.0 Å². The maximum absolute atomic E-state index is 12.2. The van der Waals surface area contributed by atoms with E-state index in [1.54, 1.807) is 0 Å². The second-order valence-corrected chi connectivity index (χ2v) is 6.15. The van der Waals surface area contributed by atoms with Gasteiger partial charge in [-0.1, -0.05) is 25.1 Å². The van der Waals surface area contributed by atoms with Crippen LogP contribution >= 0.6 is 0 Å². The highest BCUT2D eigenvalue weighted by Crippen LogP contribution is 2.30. The first kappa shape index (κ1) is 20.6. The average Bonchev–Trinajstić information content (AvgIpc) is 2.68. The van der Waals surface area contributed by atoms with Crippen LogP contribution in [-0.2, 0) is 11.2 Å². The average molecular weight is 371 g/mol. The number of amides is 1. The summed E-state index contributed by atoms with van der Waals surface area (Å²) in [5.41, 5.74) is 2.18. The lowest BCUT2D eigenvalue weighted by atomic mass is 10.1. The quantitative estimate of drug-likeness (QED) is 0.676. The summed E-state index contributed by atoms with van der Waals surface area (Å²) in [7, 11) is 0. The fourth-order valence-corrected chi connectivity index (χ4v) is 2.67. The number of carbonyl (C=O) groups excluding carboxylic acids is 1. The molecule has 0 unspecified atom stereocenters. The van der Waals surface area contributed by atoms with E-state index in [9.17, 15) is 4.79 Å². The van der Waals surface area contributed by atoms with Crippen LogP contribution in [0.2, 0.25) is 0 Å². The van der Waals surface area contributed by atoms with Crippen LogP contribution in [0.1, 0.15) is 44.9 Å². The van der Waals surface area contributed by atoms with Crippen LogP contribution in [0.5, 0.6) is 17.2 Å². The lowest BCUT2D eigenvalue weighted by molar-refractivity contribution is -0.123. The molecule has 2 aromatic carbocycles. The molecule has 0 aliphatic carbocycles. The van der Waals surface area contributed by atoms with Gasteiger partial charge in [-0.05, 0) is 62.6 Å². The van der Waals surface area contributed by atoms with Crippen molar-refractivity contribution in [3.63, 3.8) is 0 Å². The van der Waals surface area contributed by atoms with Gasteiger partial charge < -0.3 is 19.5 Å². The summed E-state index contributed by atoms with van der Waals surface area (Å²) < 4.78 is 16.8. The van der Waals surface area contributed by atoms with Gasteiger partial charge in [-0.15, -0.1) is 0 Å². The van der Waals surface area contributed by atoms with Crippen molar-refractivity contribution in [2.24, 2.45) is 0 Å². The van der Waals surface area contributed by atoms with Crippen molar-refractivity contribution in [1.82, 2.24) is 5.32 Å². The molecule has 1 N–H and O–H groups in total. The highest BCUT2D eigenvalue weighted by Gasteiger charge is 2.13. The van der Waals surface area contributed by atoms with Crippen LogP contribution in [-0.4, -0.2) is 25.7 Å². The van der Waals surface area contributed by atoms with E-state index in [4.69, 9.17) is 14.2 Å². The first-order chi connectivity index (χ1) is 13.1. The molecule has 5 heteroatoms. The van der Waals surface area contributed by atoms with Crippen molar-refractivity contribution in [3.05, 3.63) is 53.6 Å². The largest absolute Gasteiger partial charge is 0.490 e. The van der Waals surface area contributed by atoms with Crippen LogP contribution in [0, 0.1) is 0 Å². The standard InChI is InChI=1S/C22H29NO4/c1-5-17-8-11-19(12-9-17)27-15-22(24)23-16(4)18-10-13-20(25-6-2)21(14-18)26-7-3/h8-14,16H,5-7,15H2,1-4H3,(H,23,24)/t16-/m1/s1. The molecule has 2 rings (SSSR count). The zero-order valence-corrected chi connectivity index (χ0v) is 16.6. The molecule has 1 amide bonds. The van der Waals surface area contributed by atoms with E-state index < -0.39 is 0 Å². The Bertz CT molecular complexity index is 728. The molecule has 0 heterocycles. The Morgan fingerprint density at radius 3 is 2.22 bits per heavy atom. The Morgan fingerprint density at radius 1 is 0.926 bits per heavy atom. The van der Waals surface area contributed by atoms with Gasteiger partial charge in [0.05, 0.1) is 19.3 Å². The third-order valence-corrected chi connectivity index (χ3v) is 4.15. The van der Waals surface area contributed by atoms with Gasteiger partial charge in [0.25, 0.3) is 5.91 Å². The summed E-state index contributed by atoms with van der Waals surface area (Å²) in [5, 5.41) is 2.95. The minimum atomic E-state index is -0.172. The molecule has 5 nitrogen and oxygen atoms in total. The highest BCUT2D eigenvalue weighted by atomic mass is 16.5. The molecule has 0 bridgehead atoms. The molecule has 146 valence electrons. The molecule has 0 saturated carbocycles. The zero-order chi connectivity index (χ0) is 19.6. The zero-order valence-electron chi connectivity index (χ0n) is 16.6. The second kappa shape index (κ2) is 10.5. The molecular weight excluding hydrogens is 342 g/mol. The lowest BCUT2D eigenvalue weighted by Crippen LogP contribution is -2.31. The number of nitrogens with one attached hydrogen (secondary N) is 1. The minimum absolute atomic E-state index is 0.0227. The maximum Gasteiger partial charge on any atom is 0.258 e.